The summed E-state index contributed by atoms with van der Waals surface area (Å²) >= 11 is 0. The number of aliphatic carboxylic acids is 4. The number of esters is 1. The van der Waals surface area contributed by atoms with Gasteiger partial charge in [-0.05, 0) is 51.4 Å². The summed E-state index contributed by atoms with van der Waals surface area (Å²) in [6.45, 7) is 2.95. The van der Waals surface area contributed by atoms with E-state index in [-0.39, 0.29) is 85.8 Å². The van der Waals surface area contributed by atoms with Gasteiger partial charge in [0.05, 0.1) is 85.3 Å². The molecule has 0 aliphatic carbocycles. The number of phosphoric acid groups is 6. The smallest absolute Gasteiger partial charge is 0.481 e. The Kier molecular flexibility index (Phi) is 47.0. The number of aliphatic hydroxyl groups excluding tert-OH is 2. The van der Waals surface area contributed by atoms with Crippen molar-refractivity contribution in [2.75, 3.05) is 54.3 Å². The molecule has 2 saturated heterocycles. The summed E-state index contributed by atoms with van der Waals surface area (Å²) in [5, 5.41) is 67.4. The number of aliphatic hydroxyl groups is 2. The summed E-state index contributed by atoms with van der Waals surface area (Å²) in [5.74, 6) is -0.343. The summed E-state index contributed by atoms with van der Waals surface area (Å²) in [5.41, 5.74) is 9.85. The Morgan fingerprint density at radius 2 is 1.08 bits per heavy atom. The number of amides is 4. The fourth-order valence-corrected chi connectivity index (χ4v) is 21.2. The third kappa shape index (κ3) is 42.5. The maximum Gasteiger partial charge on any atom is 0.490 e. The van der Waals surface area contributed by atoms with Gasteiger partial charge in [-0.1, -0.05) is 75.3 Å². The second-order valence-corrected chi connectivity index (χ2v) is 40.7. The number of hydrogen-bond donors (Lipinski definition) is 21. The molecule has 2 fully saturated rings. The van der Waals surface area contributed by atoms with Crippen LogP contribution < -0.4 is 44.0 Å². The highest BCUT2D eigenvalue weighted by Gasteiger charge is 2.46. The molecule has 53 nitrogen and oxygen atoms in total. The van der Waals surface area contributed by atoms with E-state index in [0.29, 0.717) is 36.5 Å². The average Bonchev–Trinajstić information content (AvgIpc) is 1.61. The number of hydrogen-bond acceptors (Lipinski definition) is 38. The number of rotatable bonds is 52. The lowest BCUT2D eigenvalue weighted by molar-refractivity contribution is -0.145. The van der Waals surface area contributed by atoms with Gasteiger partial charge in [0.25, 0.3) is 5.56 Å². The van der Waals surface area contributed by atoms with E-state index in [2.05, 4.69) is 86.2 Å². The fraction of sp³-hybridized carbons (Fsp3) is 0.603. The summed E-state index contributed by atoms with van der Waals surface area (Å²) in [4.78, 5) is 241. The normalized spacial score (nSPS) is 19.5. The zero-order valence-electron chi connectivity index (χ0n) is 65.9. The van der Waals surface area contributed by atoms with Gasteiger partial charge in [0.15, 0.2) is 23.8 Å². The van der Waals surface area contributed by atoms with Crippen molar-refractivity contribution in [2.24, 2.45) is 11.8 Å². The first-order valence-corrected chi connectivity index (χ1v) is 50.2. The highest BCUT2D eigenvalue weighted by Crippen LogP contribution is 2.67. The number of ketones is 2. The van der Waals surface area contributed by atoms with Crippen LogP contribution >= 0.6 is 90.1 Å². The number of H-pyrrole nitrogens is 1. The lowest BCUT2D eigenvalue weighted by Gasteiger charge is -2.21. The topological polar surface area (TPSA) is 842 Å². The maximum atomic E-state index is 13.1. The van der Waals surface area contributed by atoms with Crippen LogP contribution in [0, 0.1) is 35.5 Å². The Morgan fingerprint density at radius 1 is 0.611 bits per heavy atom. The second-order valence-electron chi connectivity index (χ2n) is 26.6. The van der Waals surface area contributed by atoms with Gasteiger partial charge in [0.2, 0.25) is 29.6 Å². The zero-order chi connectivity index (χ0) is 94.3. The Labute approximate surface area is 730 Å². The molecule has 3 aromatic rings. The van der Waals surface area contributed by atoms with Crippen molar-refractivity contribution in [1.82, 2.24) is 45.4 Å². The number of ether oxygens (including phenoxy) is 3. The van der Waals surface area contributed by atoms with Crippen LogP contribution in [0.1, 0.15) is 149 Å². The van der Waals surface area contributed by atoms with Gasteiger partial charge in [0.1, 0.15) is 42.2 Å². The van der Waals surface area contributed by atoms with Gasteiger partial charge in [-0.2, -0.15) is 27.2 Å². The van der Waals surface area contributed by atoms with E-state index in [1.54, 1.807) is 0 Å². The molecule has 4 amide bonds. The number of nitrogen functional groups attached to an aromatic ring is 2. The Morgan fingerprint density at radius 3 is 1.55 bits per heavy atom. The molecule has 5 rings (SSSR count). The molecular weight excluding hydrogens is 1900 g/mol. The van der Waals surface area contributed by atoms with Crippen molar-refractivity contribution < 1.29 is 190 Å². The lowest BCUT2D eigenvalue weighted by atomic mass is 9.92. The number of phosphoric ester groups is 2. The summed E-state index contributed by atoms with van der Waals surface area (Å²) in [6, 6.07) is -2.96. The van der Waals surface area contributed by atoms with Crippen LogP contribution in [0.5, 0.6) is 0 Å². The molecule has 2 aliphatic heterocycles. The first-order valence-electron chi connectivity index (χ1n) is 36.2. The molecule has 2 aliphatic rings. The van der Waals surface area contributed by atoms with E-state index in [4.69, 9.17) is 50.4 Å². The molecule has 3 aromatic heterocycles. The standard InChI is InChI=1S/C32H48N5O22P3S2.C30H43N6O20P3S2.CH4/c1-3-21(31(45)46)35-30(44)19(14-28(41)42)13-23(39)22(34-18(2)38)8-5-11-63-64-12-6-9-29(43)55-10-4-7-20-15-26(33)36-32(47)37(20)27-16-24(40)25(57-27)17-56-61(51,52)59-62(53,54)58-60(48,49)50;1-15(9-24(40)41)32-28(44)18(11-25(42)43)10-20(38)19(33-16(2)37)6-4-8-61-60-7-3-5-17-13-36(27-26(17)29(45)35-30(31)34-27)23-12-21(39)22(54-23)14-53-58(49,50)56-59(51,52)55-57(46,47)48;/h15,19,21-22,24-25,27,40H,3,5-6,8-14,16-17H2,1-2H3,(H,34,38)(H,35,44)(H,41,42)(H,45,46)(H,51,52)(H,53,54)(H2,33,36,47)(H2,48,49,50);13,15,18-19,21-23,39H,4,6-12,14H2,1-2H3,(H,32,44)(H,33,37)(H,40,41)(H,42,43)(H,49,50)(H,51,52)(H2,46,47,48)(H3,31,34,35,45);1H4. The number of nitrogens with zero attached hydrogens (tertiary/aromatic N) is 4. The first kappa shape index (κ1) is 113. The van der Waals surface area contributed by atoms with Gasteiger partial charge in [-0.15, -0.1) is 0 Å². The summed E-state index contributed by atoms with van der Waals surface area (Å²) in [7, 11) is -28.4. The minimum atomic E-state index is -5.81. The molecule has 708 valence electrons. The van der Waals surface area contributed by atoms with Crippen molar-refractivity contribution >= 4 is 178 Å². The minimum Gasteiger partial charge on any atom is -0.481 e. The van der Waals surface area contributed by atoms with Crippen LogP contribution in [0.15, 0.2) is 21.9 Å². The van der Waals surface area contributed by atoms with Crippen LogP contribution in [0.25, 0.3) is 11.0 Å². The summed E-state index contributed by atoms with van der Waals surface area (Å²) < 4.78 is 111. The number of carbonyl (C=O) groups excluding carboxylic acids is 7. The van der Waals surface area contributed by atoms with Gasteiger partial charge < -0.3 is 121 Å². The number of Topliss-reactive ketones (excluding diaryl/α,β-unsaturated/α-hetero) is 2. The van der Waals surface area contributed by atoms with Crippen LogP contribution in [-0.2, 0) is 121 Å². The predicted octanol–water partition coefficient (Wildman–Crippen LogP) is 1.17. The van der Waals surface area contributed by atoms with E-state index >= 15 is 0 Å². The molecule has 0 aromatic carbocycles. The third-order valence-electron chi connectivity index (χ3n) is 16.3. The van der Waals surface area contributed by atoms with E-state index in [0.717, 1.165) is 4.57 Å². The number of anilines is 2. The third-order valence-corrected chi connectivity index (χ3v) is 28.7. The van der Waals surface area contributed by atoms with Crippen molar-refractivity contribution in [3.63, 3.8) is 0 Å². The van der Waals surface area contributed by atoms with Crippen LogP contribution in [-0.4, -0.2) is 250 Å². The Bertz CT molecular complexity index is 4940. The monoisotopic (exact) mass is 1990 g/mol. The van der Waals surface area contributed by atoms with E-state index in [1.165, 1.54) is 87.7 Å². The molecule has 23 N–H and O–H groups in total. The van der Waals surface area contributed by atoms with Gasteiger partial charge in [0, 0.05) is 81.5 Å². The van der Waals surface area contributed by atoms with E-state index in [1.807, 2.05) is 0 Å². The van der Waals surface area contributed by atoms with Crippen LogP contribution in [0.2, 0.25) is 0 Å². The molecular formula is C63H95N11O42P6S4. The molecule has 0 radical (unpaired) electrons. The fourth-order valence-electron chi connectivity index (χ4n) is 11.2. The van der Waals surface area contributed by atoms with Gasteiger partial charge >= 0.3 is 82.5 Å². The number of aromatic amines is 1. The number of carboxylic acids is 4. The highest BCUT2D eigenvalue weighted by atomic mass is 33.1. The number of nitrogens with two attached hydrogens (primary N) is 2. The van der Waals surface area contributed by atoms with Crippen molar-refractivity contribution in [1.29, 1.82) is 0 Å². The molecule has 16 unspecified atom stereocenters. The Hall–Kier alpha value is -7.35. The maximum absolute atomic E-state index is 13.1. The average molecular weight is 1990 g/mol. The molecule has 126 heavy (non-hydrogen) atoms. The molecule has 16 atom stereocenters. The number of aromatic nitrogens is 5. The van der Waals surface area contributed by atoms with E-state index in [9.17, 15) is 135 Å². The van der Waals surface area contributed by atoms with E-state index < -0.39 is 248 Å². The predicted molar refractivity (Wildman–Crippen MR) is 441 cm³/mol. The van der Waals surface area contributed by atoms with Crippen molar-refractivity contribution in [2.45, 2.75) is 186 Å². The largest absolute Gasteiger partial charge is 0.490 e. The molecule has 0 bridgehead atoms. The molecule has 0 spiro atoms. The van der Waals surface area contributed by atoms with Gasteiger partial charge in [-0.25, -0.2) is 37.0 Å². The zero-order valence-corrected chi connectivity index (χ0v) is 74.5. The molecule has 5 heterocycles. The quantitative estimate of drug-likeness (QED) is 0.0124. The highest BCUT2D eigenvalue weighted by molar-refractivity contribution is 8.77. The van der Waals surface area contributed by atoms with Gasteiger partial charge in [-0.3, -0.25) is 71.3 Å². The van der Waals surface area contributed by atoms with Crippen LogP contribution in [0.3, 0.4) is 0 Å². The van der Waals surface area contributed by atoms with Crippen molar-refractivity contribution in [3.8, 4) is 23.7 Å². The Balaban J connectivity index is 0.000000646. The number of carbonyl (C=O) groups is 11. The van der Waals surface area contributed by atoms with Crippen molar-refractivity contribution in [3.05, 3.63) is 44.4 Å². The molecule has 63 heteroatoms. The first-order chi connectivity index (χ1) is 58.0. The van der Waals surface area contributed by atoms with Crippen LogP contribution in [0.4, 0.5) is 11.8 Å². The number of fused-ring (bicyclic) bond motifs is 1. The lowest BCUT2D eigenvalue weighted by Crippen LogP contribution is -2.46. The summed E-state index contributed by atoms with van der Waals surface area (Å²) in [6.07, 6.45) is -8.60. The minimum absolute atomic E-state index is 0. The second kappa shape index (κ2) is 52.5. The number of carboxylic acid groups (broad SMARTS) is 4. The number of nitrogens with one attached hydrogen (secondary N) is 5. The molecule has 0 saturated carbocycles. The SMILES string of the molecule is C.CC(=O)NC(CCCSSCC#Cc1cn(C2CC(O)C(COP(=O)(O)OP(=O)(O)OP(=O)(O)O)O2)c2nc(N)[nH]c(=O)c12)C(=O)CC(CC(=O)O)C(=O)NC(C)CC(=O)O.CCC(NC(=O)C(CC(=O)O)CC(=O)C(CCCSSCCCC(=O)OCC#Cc1cc(N)nc(=O)n1C1CC(O)C(COP(=O)(O)OP(=O)(O)OP(=O)(O)O)O1)NC(C)=O)C(=O)O.